The van der Waals surface area contributed by atoms with E-state index in [1.54, 1.807) is 0 Å². The molecule has 6 nitrogen and oxygen atoms in total. The number of allylic oxidation sites excluding steroid dienone is 2. The first-order valence-electron chi connectivity index (χ1n) is 3.55. The molecule has 0 fully saturated rings. The topological polar surface area (TPSA) is 110 Å². The summed E-state index contributed by atoms with van der Waals surface area (Å²) >= 11 is 0. The summed E-state index contributed by atoms with van der Waals surface area (Å²) in [6.45, 7) is 2.53. The molecule has 0 aliphatic rings. The van der Waals surface area contributed by atoms with Crippen molar-refractivity contribution in [3.05, 3.63) is 33.3 Å². The number of nitrogens with zero attached hydrogens (tertiary/aromatic N) is 1. The van der Waals surface area contributed by atoms with Gasteiger partial charge in [-0.15, -0.1) is 0 Å². The summed E-state index contributed by atoms with van der Waals surface area (Å²) in [6, 6.07) is 0. The molecule has 0 heterocycles. The van der Waals surface area contributed by atoms with Gasteiger partial charge in [-0.1, -0.05) is 0 Å². The zero-order valence-electron chi connectivity index (χ0n) is 7.39. The molecule has 1 atom stereocenters. The average molecular weight is 188 g/mol. The van der Waals surface area contributed by atoms with E-state index >= 15 is 0 Å². The quantitative estimate of drug-likeness (QED) is 0.255. The minimum atomic E-state index is -1.09. The number of nitro groups is 1. The zero-order chi connectivity index (χ0) is 10.6. The van der Waals surface area contributed by atoms with Crippen LogP contribution >= 0.6 is 0 Å². The van der Waals surface area contributed by atoms with E-state index in [0.29, 0.717) is 0 Å². The Hall–Kier alpha value is -1.56. The van der Waals surface area contributed by atoms with Crippen LogP contribution in [0.25, 0.3) is 0 Å². The summed E-state index contributed by atoms with van der Waals surface area (Å²) in [7, 11) is 0. The Morgan fingerprint density at radius 1 is 1.69 bits per heavy atom. The molecule has 13 heavy (non-hydrogen) atoms. The summed E-state index contributed by atoms with van der Waals surface area (Å²) < 4.78 is 0. The van der Waals surface area contributed by atoms with Gasteiger partial charge in [-0.2, -0.15) is 0 Å². The minimum absolute atomic E-state index is 0.177. The van der Waals surface area contributed by atoms with Gasteiger partial charge in [0.25, 0.3) is 5.70 Å². The van der Waals surface area contributed by atoms with Gasteiger partial charge in [0.2, 0.25) is 0 Å². The lowest BCUT2D eigenvalue weighted by molar-refractivity contribution is -0.425. The third-order valence-corrected chi connectivity index (χ3v) is 1.42. The Bertz CT molecular complexity index is 268. The highest BCUT2D eigenvalue weighted by Gasteiger charge is 2.09. The Morgan fingerprint density at radius 2 is 2.15 bits per heavy atom. The second-order valence-corrected chi connectivity index (χ2v) is 2.54. The van der Waals surface area contributed by atoms with Crippen LogP contribution < -0.4 is 5.73 Å². The normalized spacial score (nSPS) is 16.4. The molecule has 0 radical (unpaired) electrons. The molecule has 4 N–H and O–H groups in total. The van der Waals surface area contributed by atoms with E-state index in [4.69, 9.17) is 15.9 Å². The molecule has 6 heteroatoms. The van der Waals surface area contributed by atoms with Crippen LogP contribution in [0.5, 0.6) is 0 Å². The maximum atomic E-state index is 10.2. The summed E-state index contributed by atoms with van der Waals surface area (Å²) in [5, 5.41) is 28.0. The molecular weight excluding hydrogens is 176 g/mol. The smallest absolute Gasteiger partial charge is 0.265 e. The van der Waals surface area contributed by atoms with Gasteiger partial charge in [0.15, 0.2) is 0 Å². The molecule has 74 valence electrons. The highest BCUT2D eigenvalue weighted by molar-refractivity contribution is 5.20. The number of hydrogen-bond acceptors (Lipinski definition) is 5. The molecule has 1 unspecified atom stereocenters. The Morgan fingerprint density at radius 3 is 2.46 bits per heavy atom. The van der Waals surface area contributed by atoms with Gasteiger partial charge < -0.3 is 15.9 Å². The molecule has 0 bridgehead atoms. The molecule has 0 saturated carbocycles. The van der Waals surface area contributed by atoms with Crippen molar-refractivity contribution in [2.75, 3.05) is 0 Å². The van der Waals surface area contributed by atoms with Crippen LogP contribution in [0.2, 0.25) is 0 Å². The van der Waals surface area contributed by atoms with Crippen molar-refractivity contribution in [1.29, 1.82) is 0 Å². The van der Waals surface area contributed by atoms with Gasteiger partial charge >= 0.3 is 0 Å². The van der Waals surface area contributed by atoms with Crippen LogP contribution in [0.15, 0.2) is 23.2 Å². The lowest BCUT2D eigenvalue weighted by Crippen LogP contribution is -2.09. The van der Waals surface area contributed by atoms with Gasteiger partial charge in [0, 0.05) is 13.0 Å². The minimum Gasteiger partial charge on any atom is -0.509 e. The number of nitrogens with two attached hydrogens (primary N) is 1. The summed E-state index contributed by atoms with van der Waals surface area (Å²) in [5.74, 6) is -0.404. The number of hydrogen-bond donors (Lipinski definition) is 3. The Labute approximate surface area is 75.1 Å². The third-order valence-electron chi connectivity index (χ3n) is 1.42. The molecule has 0 amide bonds. The standard InChI is InChI=1S/C7H12N2O4/c1-4(9(12)13)6(8)3-7(11)5(2)10/h3,5,10-11H,8H2,1-2H3/b6-4-,7-3+. The predicted octanol–water partition coefficient (Wildman–Crippen LogP) is 0.276. The van der Waals surface area contributed by atoms with Crippen LogP contribution in [0.3, 0.4) is 0 Å². The maximum absolute atomic E-state index is 10.2. The first kappa shape index (κ1) is 11.4. The molecule has 0 aromatic rings. The van der Waals surface area contributed by atoms with E-state index in [1.165, 1.54) is 13.8 Å². The van der Waals surface area contributed by atoms with Gasteiger partial charge in [-0.25, -0.2) is 0 Å². The number of rotatable bonds is 3. The zero-order valence-corrected chi connectivity index (χ0v) is 7.39. The summed E-state index contributed by atoms with van der Waals surface area (Å²) in [6.07, 6.45) is -0.124. The lowest BCUT2D eigenvalue weighted by Gasteiger charge is -2.02. The van der Waals surface area contributed by atoms with Crippen molar-refractivity contribution in [3.8, 4) is 0 Å². The van der Waals surface area contributed by atoms with Gasteiger partial charge in [0.1, 0.15) is 17.6 Å². The van der Waals surface area contributed by atoms with E-state index in [-0.39, 0.29) is 11.4 Å². The molecule has 0 aromatic carbocycles. The second-order valence-electron chi connectivity index (χ2n) is 2.54. The molecule has 0 saturated heterocycles. The van der Waals surface area contributed by atoms with Crippen LogP contribution in [-0.2, 0) is 0 Å². The second kappa shape index (κ2) is 4.46. The Kier molecular flexibility index (Phi) is 3.93. The van der Waals surface area contributed by atoms with Gasteiger partial charge in [-0.3, -0.25) is 10.1 Å². The molecular formula is C7H12N2O4. The Balaban J connectivity index is 4.81. The van der Waals surface area contributed by atoms with Crippen LogP contribution in [-0.4, -0.2) is 21.2 Å². The van der Waals surface area contributed by atoms with Crippen molar-refractivity contribution < 1.29 is 15.1 Å². The fourth-order valence-corrected chi connectivity index (χ4v) is 0.490. The lowest BCUT2D eigenvalue weighted by atomic mass is 10.2. The van der Waals surface area contributed by atoms with E-state index in [9.17, 15) is 10.1 Å². The third kappa shape index (κ3) is 3.57. The predicted molar refractivity (Wildman–Crippen MR) is 46.3 cm³/mol. The van der Waals surface area contributed by atoms with Crippen LogP contribution in [0, 0.1) is 10.1 Å². The summed E-state index contributed by atoms with van der Waals surface area (Å²) in [5.41, 5.74) is 4.80. The van der Waals surface area contributed by atoms with Crippen molar-refractivity contribution in [2.45, 2.75) is 20.0 Å². The molecule has 0 spiro atoms. The van der Waals surface area contributed by atoms with E-state index in [0.717, 1.165) is 6.08 Å². The van der Waals surface area contributed by atoms with Crippen LogP contribution in [0.4, 0.5) is 0 Å². The van der Waals surface area contributed by atoms with E-state index < -0.39 is 16.8 Å². The fourth-order valence-electron chi connectivity index (χ4n) is 0.490. The highest BCUT2D eigenvalue weighted by Crippen LogP contribution is 2.04. The van der Waals surface area contributed by atoms with Crippen molar-refractivity contribution in [3.63, 3.8) is 0 Å². The first-order chi connectivity index (χ1) is 5.86. The van der Waals surface area contributed by atoms with E-state index in [1.807, 2.05) is 0 Å². The highest BCUT2D eigenvalue weighted by atomic mass is 16.6. The maximum Gasteiger partial charge on any atom is 0.265 e. The van der Waals surface area contributed by atoms with Crippen molar-refractivity contribution >= 4 is 0 Å². The number of aliphatic hydroxyl groups is 2. The van der Waals surface area contributed by atoms with Gasteiger partial charge in [0.05, 0.1) is 4.92 Å². The monoisotopic (exact) mass is 188 g/mol. The molecule has 0 rings (SSSR count). The van der Waals surface area contributed by atoms with E-state index in [2.05, 4.69) is 0 Å². The first-order valence-corrected chi connectivity index (χ1v) is 3.55. The number of aliphatic hydroxyl groups excluding tert-OH is 2. The van der Waals surface area contributed by atoms with Crippen molar-refractivity contribution in [2.24, 2.45) is 5.73 Å². The summed E-state index contributed by atoms with van der Waals surface area (Å²) in [4.78, 5) is 9.52. The average Bonchev–Trinajstić information content (AvgIpc) is 2.02. The largest absolute Gasteiger partial charge is 0.509 e. The SMILES string of the molecule is C/C(=C(N)\C=C(\O)C(C)O)[N+](=O)[O-]. The fraction of sp³-hybridized carbons (Fsp3) is 0.429. The van der Waals surface area contributed by atoms with Crippen LogP contribution in [0.1, 0.15) is 13.8 Å². The molecule has 0 aromatic heterocycles. The molecule has 0 aliphatic heterocycles. The molecule has 0 aliphatic carbocycles. The van der Waals surface area contributed by atoms with Gasteiger partial charge in [-0.05, 0) is 6.92 Å². The van der Waals surface area contributed by atoms with Crippen molar-refractivity contribution in [1.82, 2.24) is 0 Å².